The van der Waals surface area contributed by atoms with Crippen molar-refractivity contribution in [2.45, 2.75) is 126 Å². The van der Waals surface area contributed by atoms with E-state index in [1.54, 1.807) is 7.11 Å². The first kappa shape index (κ1) is 47.6. The summed E-state index contributed by atoms with van der Waals surface area (Å²) in [5, 5.41) is 8.29. The Bertz CT molecular complexity index is 1500. The van der Waals surface area contributed by atoms with Crippen LogP contribution in [0.15, 0.2) is 24.3 Å². The van der Waals surface area contributed by atoms with Gasteiger partial charge in [0, 0.05) is 43.1 Å². The number of pyridine rings is 1. The Morgan fingerprint density at radius 1 is 0.925 bits per heavy atom. The molecule has 2 heterocycles. The summed E-state index contributed by atoms with van der Waals surface area (Å²) in [6.45, 7) is 18.6. The first-order valence-electron chi connectivity index (χ1n) is 19.5. The number of hydrogen-bond donors (Lipinski definition) is 3. The molecule has 1 aliphatic heterocycles. The zero-order valence-corrected chi connectivity index (χ0v) is 34.0. The summed E-state index contributed by atoms with van der Waals surface area (Å²) in [5.74, 6) is -3.90. The van der Waals surface area contributed by atoms with E-state index in [2.05, 4.69) is 59.6 Å². The van der Waals surface area contributed by atoms with Gasteiger partial charge in [0.25, 0.3) is 0 Å². The Hall–Kier alpha value is -3.44. The van der Waals surface area contributed by atoms with Gasteiger partial charge in [-0.05, 0) is 89.6 Å². The third kappa shape index (κ3) is 15.8. The molecule has 11 heteroatoms. The zero-order chi connectivity index (χ0) is 40.1. The third-order valence-electron chi connectivity index (χ3n) is 9.17. The molecule has 0 radical (unpaired) electrons. The topological polar surface area (TPSA) is 92.5 Å². The Balaban J connectivity index is 0.000000464. The molecule has 0 spiro atoms. The summed E-state index contributed by atoms with van der Waals surface area (Å²) in [7, 11) is 3.89. The van der Waals surface area contributed by atoms with Crippen molar-refractivity contribution in [2.24, 2.45) is 11.8 Å². The molecular weight excluding hydrogens is 682 g/mol. The van der Waals surface area contributed by atoms with Gasteiger partial charge in [0.2, 0.25) is 0 Å². The van der Waals surface area contributed by atoms with Crippen LogP contribution < -0.4 is 16.4 Å². The number of unbranched alkanes of at least 4 members (excludes halogenated alkanes) is 3. The van der Waals surface area contributed by atoms with Crippen molar-refractivity contribution < 1.29 is 27.1 Å². The monoisotopic (exact) mass is 750 g/mol. The second-order valence-electron chi connectivity index (χ2n) is 13.8. The fourth-order valence-corrected chi connectivity index (χ4v) is 5.91. The minimum atomic E-state index is -1.37. The smallest absolute Gasteiger partial charge is 0.164 e. The minimum absolute atomic E-state index is 0.178. The van der Waals surface area contributed by atoms with Gasteiger partial charge in [0.05, 0.1) is 17.4 Å². The van der Waals surface area contributed by atoms with Crippen molar-refractivity contribution in [3.63, 3.8) is 0 Å². The van der Waals surface area contributed by atoms with Crippen LogP contribution >= 0.6 is 0 Å². The van der Waals surface area contributed by atoms with Crippen LogP contribution in [0.5, 0.6) is 0 Å². The molecule has 3 atom stereocenters. The van der Waals surface area contributed by atoms with Gasteiger partial charge in [0.1, 0.15) is 17.3 Å². The molecule has 300 valence electrons. The summed E-state index contributed by atoms with van der Waals surface area (Å²) < 4.78 is 54.2. The third-order valence-corrected chi connectivity index (χ3v) is 9.17. The molecule has 3 unspecified atom stereocenters. The highest BCUT2D eigenvalue weighted by Crippen LogP contribution is 2.40. The molecule has 0 amide bonds. The van der Waals surface area contributed by atoms with E-state index in [1.165, 1.54) is 62.6 Å². The molecule has 0 fully saturated rings. The van der Waals surface area contributed by atoms with Gasteiger partial charge in [-0.1, -0.05) is 73.4 Å². The normalized spacial score (nSPS) is 14.1. The number of rotatable bonds is 17. The lowest BCUT2D eigenvalue weighted by atomic mass is 9.95. The van der Waals surface area contributed by atoms with Crippen LogP contribution in [-0.2, 0) is 16.0 Å². The van der Waals surface area contributed by atoms with Crippen LogP contribution in [0.1, 0.15) is 117 Å². The van der Waals surface area contributed by atoms with E-state index < -0.39 is 28.8 Å². The number of nitrogens with one attached hydrogen (secondary N) is 2. The number of nitrogens with zero attached hydrogens (tertiary/aromatic N) is 2. The number of anilines is 3. The lowest BCUT2D eigenvalue weighted by molar-refractivity contribution is -0.123. The number of hydrogen-bond acceptors (Lipinski definition) is 7. The quantitative estimate of drug-likeness (QED) is 0.0719. The largest absolute Gasteiger partial charge is 0.384 e. The summed E-state index contributed by atoms with van der Waals surface area (Å²) in [6, 6.07) is 6.86. The molecule has 0 bridgehead atoms. The van der Waals surface area contributed by atoms with E-state index in [0.29, 0.717) is 30.5 Å². The highest BCUT2D eigenvalue weighted by atomic mass is 19.2. The molecule has 0 saturated heterocycles. The van der Waals surface area contributed by atoms with E-state index in [4.69, 9.17) is 10.5 Å². The Morgan fingerprint density at radius 3 is 2.15 bits per heavy atom. The van der Waals surface area contributed by atoms with E-state index >= 15 is 0 Å². The average molecular weight is 750 g/mol. The average Bonchev–Trinajstić information content (AvgIpc) is 3.58. The van der Waals surface area contributed by atoms with Crippen molar-refractivity contribution in [3.8, 4) is 0 Å². The standard InChI is InChI=1S/C23H37N5.C10H20O2.C7H4F4.C2H6/c1-4-6-11-20-26-21-18-13-12-17(10-8-7-9-15-28(3)14-5-2)16-19(18)25-23(24)22(21)27-20;1-5-9(3)10(11)6-8(2)7-12-4;1-3-6(10)4(8)2-5(9)7(3)11;1-2/h12-13,16,20,26-27H,4-11,14-15H2,1-3H3,(H2,24,25);8-9H,5-7H2,1-4H3;2H,1H3;1-2H3. The molecule has 0 saturated carbocycles. The zero-order valence-electron chi connectivity index (χ0n) is 34.0. The first-order chi connectivity index (χ1) is 25.3. The van der Waals surface area contributed by atoms with Crippen molar-refractivity contribution in [1.29, 1.82) is 0 Å². The number of benzene rings is 2. The Labute approximate surface area is 316 Å². The molecule has 2 aromatic carbocycles. The predicted octanol–water partition coefficient (Wildman–Crippen LogP) is 11.1. The molecule has 1 aliphatic rings. The number of ether oxygens (including phenoxy) is 1. The van der Waals surface area contributed by atoms with E-state index in [-0.39, 0.29) is 18.2 Å². The Morgan fingerprint density at radius 2 is 1.57 bits per heavy atom. The fraction of sp³-hybridized carbons (Fsp3) is 0.619. The molecule has 7 nitrogen and oxygen atoms in total. The number of nitrogens with two attached hydrogens (primary N) is 1. The number of aryl methyl sites for hydroxylation is 1. The maximum atomic E-state index is 12.4. The van der Waals surface area contributed by atoms with Crippen LogP contribution in [0, 0.1) is 42.0 Å². The number of nitrogen functional groups attached to an aromatic ring is 1. The van der Waals surface area contributed by atoms with Crippen LogP contribution in [-0.4, -0.2) is 55.7 Å². The number of methoxy groups -OCH3 is 1. The van der Waals surface area contributed by atoms with E-state index in [1.807, 2.05) is 34.6 Å². The molecule has 1 aromatic heterocycles. The summed E-state index contributed by atoms with van der Waals surface area (Å²) in [5.41, 5.74) is 10.1. The van der Waals surface area contributed by atoms with Crippen molar-refractivity contribution >= 4 is 33.9 Å². The molecule has 0 aliphatic carbocycles. The number of carbonyl (C=O) groups is 1. The Kier molecular flexibility index (Phi) is 22.9. The van der Waals surface area contributed by atoms with Gasteiger partial charge < -0.3 is 26.0 Å². The van der Waals surface area contributed by atoms with Crippen molar-refractivity contribution in [1.82, 2.24) is 9.88 Å². The maximum absolute atomic E-state index is 12.4. The van der Waals surface area contributed by atoms with E-state index in [0.717, 1.165) is 43.1 Å². The number of aromatic nitrogens is 1. The lowest BCUT2D eigenvalue weighted by Crippen LogP contribution is -2.21. The second-order valence-corrected chi connectivity index (χ2v) is 13.8. The van der Waals surface area contributed by atoms with Crippen molar-refractivity contribution in [2.75, 3.05) is 50.2 Å². The molecule has 53 heavy (non-hydrogen) atoms. The highest BCUT2D eigenvalue weighted by molar-refractivity contribution is 6.03. The van der Waals surface area contributed by atoms with Crippen LogP contribution in [0.4, 0.5) is 34.8 Å². The van der Waals surface area contributed by atoms with Gasteiger partial charge in [-0.3, -0.25) is 4.79 Å². The van der Waals surface area contributed by atoms with Crippen LogP contribution in [0.25, 0.3) is 10.9 Å². The fourth-order valence-electron chi connectivity index (χ4n) is 5.91. The minimum Gasteiger partial charge on any atom is -0.384 e. The van der Waals surface area contributed by atoms with E-state index in [9.17, 15) is 22.4 Å². The summed E-state index contributed by atoms with van der Waals surface area (Å²) in [4.78, 5) is 18.5. The van der Waals surface area contributed by atoms with Crippen LogP contribution in [0.3, 0.4) is 0 Å². The molecule has 3 aromatic rings. The van der Waals surface area contributed by atoms with Gasteiger partial charge in [-0.15, -0.1) is 0 Å². The van der Waals surface area contributed by atoms with Gasteiger partial charge in [-0.2, -0.15) is 0 Å². The van der Waals surface area contributed by atoms with Crippen molar-refractivity contribution in [3.05, 3.63) is 58.7 Å². The predicted molar refractivity (Wildman–Crippen MR) is 215 cm³/mol. The van der Waals surface area contributed by atoms with Gasteiger partial charge in [-0.25, -0.2) is 22.5 Å². The second kappa shape index (κ2) is 25.6. The summed E-state index contributed by atoms with van der Waals surface area (Å²) in [6.07, 6.45) is 11.5. The number of fused-ring (bicyclic) bond motifs is 3. The first-order valence-corrected chi connectivity index (χ1v) is 19.5. The lowest BCUT2D eigenvalue weighted by Gasteiger charge is -2.14. The van der Waals surface area contributed by atoms with Gasteiger partial charge >= 0.3 is 0 Å². The molecular formula is C42H67F4N5O2. The summed E-state index contributed by atoms with van der Waals surface area (Å²) >= 11 is 0. The van der Waals surface area contributed by atoms with Gasteiger partial charge in [0.15, 0.2) is 23.3 Å². The molecule has 4 N–H and O–H groups in total. The molecule has 4 rings (SSSR count). The highest BCUT2D eigenvalue weighted by Gasteiger charge is 2.24. The SMILES string of the molecule is CC.CCC(C)C(=O)CC(C)COC.CCCCC1Nc2c(N)nc3cc(CCCCCN(C)CCC)ccc3c2N1.Cc1c(F)c(F)cc(F)c1F. The van der Waals surface area contributed by atoms with Crippen LogP contribution in [0.2, 0.25) is 0 Å². The maximum Gasteiger partial charge on any atom is 0.164 e. The number of ketones is 1. The number of halogens is 4. The number of Topliss-reactive ketones (excluding diaryl/α,β-unsaturated/α-hetero) is 1. The number of carbonyl (C=O) groups excluding carboxylic acids is 1.